The van der Waals surface area contributed by atoms with Gasteiger partial charge in [-0.2, -0.15) is 0 Å². The molecule has 6 heteroatoms. The summed E-state index contributed by atoms with van der Waals surface area (Å²) in [6.07, 6.45) is 4.19. The van der Waals surface area contributed by atoms with Gasteiger partial charge < -0.3 is 9.73 Å². The molecule has 1 fully saturated rings. The molecule has 1 atom stereocenters. The van der Waals surface area contributed by atoms with Crippen molar-refractivity contribution in [2.75, 3.05) is 6.54 Å². The predicted octanol–water partition coefficient (Wildman–Crippen LogP) is 2.25. The van der Waals surface area contributed by atoms with E-state index >= 15 is 0 Å². The van der Waals surface area contributed by atoms with Gasteiger partial charge >= 0.3 is 0 Å². The molecule has 2 N–H and O–H groups in total. The van der Waals surface area contributed by atoms with Crippen LogP contribution < -0.4 is 10.0 Å². The summed E-state index contributed by atoms with van der Waals surface area (Å²) in [5.74, 6) is 1.34. The van der Waals surface area contributed by atoms with E-state index in [1.807, 2.05) is 13.8 Å². The second-order valence-electron chi connectivity index (χ2n) is 5.41. The molecule has 20 heavy (non-hydrogen) atoms. The molecule has 0 aromatic carbocycles. The highest BCUT2D eigenvalue weighted by atomic mass is 32.2. The largest absolute Gasteiger partial charge is 0.447 e. The van der Waals surface area contributed by atoms with Crippen molar-refractivity contribution >= 4 is 10.0 Å². The Morgan fingerprint density at radius 2 is 2.10 bits per heavy atom. The highest BCUT2D eigenvalue weighted by Gasteiger charge is 2.28. The van der Waals surface area contributed by atoms with E-state index in [0.717, 1.165) is 19.4 Å². The van der Waals surface area contributed by atoms with Crippen molar-refractivity contribution in [1.29, 1.82) is 0 Å². The monoisotopic (exact) mass is 300 g/mol. The SMILES string of the molecule is CCNCc1ccc(S(=O)(=O)NC(CC)CC2CC2)o1. The zero-order valence-electron chi connectivity index (χ0n) is 12.2. The first-order chi connectivity index (χ1) is 9.55. The molecule has 1 aliphatic carbocycles. The number of furan rings is 1. The van der Waals surface area contributed by atoms with Crippen LogP contribution >= 0.6 is 0 Å². The van der Waals surface area contributed by atoms with Crippen molar-refractivity contribution in [1.82, 2.24) is 10.0 Å². The number of hydrogen-bond donors (Lipinski definition) is 2. The Morgan fingerprint density at radius 1 is 1.35 bits per heavy atom. The lowest BCUT2D eigenvalue weighted by Gasteiger charge is -2.15. The molecule has 0 aliphatic heterocycles. The van der Waals surface area contributed by atoms with Crippen LogP contribution in [-0.2, 0) is 16.6 Å². The van der Waals surface area contributed by atoms with Crippen LogP contribution in [0, 0.1) is 5.92 Å². The molecule has 114 valence electrons. The zero-order chi connectivity index (χ0) is 14.6. The Morgan fingerprint density at radius 3 is 2.70 bits per heavy atom. The lowest BCUT2D eigenvalue weighted by molar-refractivity contribution is 0.396. The maximum atomic E-state index is 12.3. The first-order valence-electron chi connectivity index (χ1n) is 7.37. The average Bonchev–Trinajstić information content (AvgIpc) is 3.09. The van der Waals surface area contributed by atoms with Crippen LogP contribution in [0.25, 0.3) is 0 Å². The first-order valence-corrected chi connectivity index (χ1v) is 8.85. The van der Waals surface area contributed by atoms with E-state index in [9.17, 15) is 8.42 Å². The second-order valence-corrected chi connectivity index (χ2v) is 7.05. The van der Waals surface area contributed by atoms with Gasteiger partial charge in [0.15, 0.2) is 0 Å². The standard InChI is InChI=1S/C14H24N2O3S/c1-3-12(9-11-5-6-11)16-20(17,18)14-8-7-13(19-14)10-15-4-2/h7-8,11-12,15-16H,3-6,9-10H2,1-2H3. The topological polar surface area (TPSA) is 71.3 Å². The maximum Gasteiger partial charge on any atom is 0.274 e. The predicted molar refractivity (Wildman–Crippen MR) is 77.8 cm³/mol. The molecule has 2 rings (SSSR count). The minimum absolute atomic E-state index is 0.00909. The third-order valence-corrected chi connectivity index (χ3v) is 4.97. The second kappa shape index (κ2) is 6.74. The van der Waals surface area contributed by atoms with Gasteiger partial charge in [0.2, 0.25) is 5.09 Å². The lowest BCUT2D eigenvalue weighted by Crippen LogP contribution is -2.34. The molecule has 1 saturated carbocycles. The van der Waals surface area contributed by atoms with Gasteiger partial charge in [-0.15, -0.1) is 0 Å². The summed E-state index contributed by atoms with van der Waals surface area (Å²) < 4.78 is 32.7. The molecule has 1 aliphatic rings. The Balaban J connectivity index is 1.98. The molecule has 1 aromatic heterocycles. The van der Waals surface area contributed by atoms with Gasteiger partial charge in [0.1, 0.15) is 5.76 Å². The number of hydrogen-bond acceptors (Lipinski definition) is 4. The van der Waals surface area contributed by atoms with E-state index in [4.69, 9.17) is 4.42 Å². The zero-order valence-corrected chi connectivity index (χ0v) is 13.0. The molecular formula is C14H24N2O3S. The number of sulfonamides is 1. The summed E-state index contributed by atoms with van der Waals surface area (Å²) >= 11 is 0. The summed E-state index contributed by atoms with van der Waals surface area (Å²) in [6, 6.07) is 3.24. The first kappa shape index (κ1) is 15.5. The quantitative estimate of drug-likeness (QED) is 0.734. The summed E-state index contributed by atoms with van der Waals surface area (Å²) in [6.45, 7) is 5.37. The number of nitrogens with one attached hydrogen (secondary N) is 2. The summed E-state index contributed by atoms with van der Waals surface area (Å²) in [4.78, 5) is 0. The number of rotatable bonds is 9. The van der Waals surface area contributed by atoms with E-state index in [2.05, 4.69) is 10.0 Å². The minimum Gasteiger partial charge on any atom is -0.447 e. The van der Waals surface area contributed by atoms with Crippen LogP contribution in [0.15, 0.2) is 21.6 Å². The Kier molecular flexibility index (Phi) is 5.23. The molecule has 0 spiro atoms. The van der Waals surface area contributed by atoms with Crippen molar-refractivity contribution in [3.63, 3.8) is 0 Å². The van der Waals surface area contributed by atoms with Crippen molar-refractivity contribution in [2.24, 2.45) is 5.92 Å². The summed E-state index contributed by atoms with van der Waals surface area (Å²) in [5, 5.41) is 3.12. The molecular weight excluding hydrogens is 276 g/mol. The van der Waals surface area contributed by atoms with Gasteiger partial charge in [-0.3, -0.25) is 0 Å². The fraction of sp³-hybridized carbons (Fsp3) is 0.714. The van der Waals surface area contributed by atoms with Gasteiger partial charge in [-0.1, -0.05) is 26.7 Å². The van der Waals surface area contributed by atoms with Crippen molar-refractivity contribution in [3.8, 4) is 0 Å². The molecule has 1 aromatic rings. The Bertz CT molecular complexity index is 520. The maximum absolute atomic E-state index is 12.3. The normalized spacial score (nSPS) is 17.3. The Labute approximate surface area is 121 Å². The minimum atomic E-state index is -3.54. The van der Waals surface area contributed by atoms with Crippen LogP contribution in [0.3, 0.4) is 0 Å². The summed E-state index contributed by atoms with van der Waals surface area (Å²) in [5.41, 5.74) is 0. The molecule has 0 bridgehead atoms. The van der Waals surface area contributed by atoms with Gasteiger partial charge in [0.05, 0.1) is 6.54 Å². The molecule has 1 heterocycles. The third kappa shape index (κ3) is 4.33. The molecule has 0 amide bonds. The molecule has 1 unspecified atom stereocenters. The molecule has 0 radical (unpaired) electrons. The van der Waals surface area contributed by atoms with Crippen LogP contribution in [-0.4, -0.2) is 21.0 Å². The average molecular weight is 300 g/mol. The van der Waals surface area contributed by atoms with Crippen molar-refractivity contribution < 1.29 is 12.8 Å². The van der Waals surface area contributed by atoms with Crippen LogP contribution in [0.4, 0.5) is 0 Å². The van der Waals surface area contributed by atoms with Gasteiger partial charge in [-0.05, 0) is 37.4 Å². The lowest BCUT2D eigenvalue weighted by atomic mass is 10.1. The van der Waals surface area contributed by atoms with E-state index < -0.39 is 10.0 Å². The molecule has 0 saturated heterocycles. The summed E-state index contributed by atoms with van der Waals surface area (Å²) in [7, 11) is -3.54. The molecule has 5 nitrogen and oxygen atoms in total. The smallest absolute Gasteiger partial charge is 0.274 e. The van der Waals surface area contributed by atoms with Crippen molar-refractivity contribution in [3.05, 3.63) is 17.9 Å². The fourth-order valence-electron chi connectivity index (χ4n) is 2.18. The van der Waals surface area contributed by atoms with E-state index in [-0.39, 0.29) is 11.1 Å². The van der Waals surface area contributed by atoms with Gasteiger partial charge in [0, 0.05) is 6.04 Å². The van der Waals surface area contributed by atoms with E-state index in [1.54, 1.807) is 6.07 Å². The van der Waals surface area contributed by atoms with Crippen LogP contribution in [0.5, 0.6) is 0 Å². The van der Waals surface area contributed by atoms with Gasteiger partial charge in [0.25, 0.3) is 10.0 Å². The van der Waals surface area contributed by atoms with E-state index in [1.165, 1.54) is 18.9 Å². The van der Waals surface area contributed by atoms with E-state index in [0.29, 0.717) is 18.2 Å². The Hall–Kier alpha value is -0.850. The van der Waals surface area contributed by atoms with Crippen LogP contribution in [0.2, 0.25) is 0 Å². The van der Waals surface area contributed by atoms with Gasteiger partial charge in [-0.25, -0.2) is 13.1 Å². The fourth-order valence-corrected chi connectivity index (χ4v) is 3.46. The highest BCUT2D eigenvalue weighted by Crippen LogP contribution is 2.34. The third-order valence-electron chi connectivity index (χ3n) is 3.58. The van der Waals surface area contributed by atoms with Crippen LogP contribution in [0.1, 0.15) is 45.3 Å². The van der Waals surface area contributed by atoms with Crippen molar-refractivity contribution in [2.45, 2.75) is 57.2 Å². The highest BCUT2D eigenvalue weighted by molar-refractivity contribution is 7.89.